The van der Waals surface area contributed by atoms with Crippen LogP contribution < -0.4 is 0 Å². The third kappa shape index (κ3) is 1.76. The molecule has 0 amide bonds. The van der Waals surface area contributed by atoms with Crippen LogP contribution in [0.2, 0.25) is 0 Å². The third-order valence-electron chi connectivity index (χ3n) is 2.68. The summed E-state index contributed by atoms with van der Waals surface area (Å²) < 4.78 is 0. The average molecular weight is 194 g/mol. The highest BCUT2D eigenvalue weighted by molar-refractivity contribution is 6.46. The first kappa shape index (κ1) is 10.7. The largest absolute Gasteiger partial charge is 0.508 e. The first-order chi connectivity index (χ1) is 6.38. The lowest BCUT2D eigenvalue weighted by molar-refractivity contribution is -0.131. The van der Waals surface area contributed by atoms with Crippen LogP contribution in [0.3, 0.4) is 0 Å². The molecule has 76 valence electrons. The summed E-state index contributed by atoms with van der Waals surface area (Å²) in [6, 6.07) is 0. The lowest BCUT2D eigenvalue weighted by Crippen LogP contribution is -2.23. The molecule has 0 aromatic rings. The zero-order valence-corrected chi connectivity index (χ0v) is 8.63. The maximum Gasteiger partial charge on any atom is 0.229 e. The molecule has 0 saturated heterocycles. The zero-order chi connectivity index (χ0) is 10.9. The smallest absolute Gasteiger partial charge is 0.229 e. The van der Waals surface area contributed by atoms with Crippen LogP contribution in [0.15, 0.2) is 23.5 Å². The van der Waals surface area contributed by atoms with E-state index < -0.39 is 11.6 Å². The van der Waals surface area contributed by atoms with Gasteiger partial charge in [0.15, 0.2) is 0 Å². The summed E-state index contributed by atoms with van der Waals surface area (Å²) in [6.07, 6.45) is 3.02. The van der Waals surface area contributed by atoms with E-state index in [9.17, 15) is 14.7 Å². The number of carbonyl (C=O) groups is 2. The van der Waals surface area contributed by atoms with Gasteiger partial charge in [0.1, 0.15) is 5.76 Å². The molecule has 0 aromatic carbocycles. The Morgan fingerprint density at radius 1 is 1.21 bits per heavy atom. The highest BCUT2D eigenvalue weighted by Crippen LogP contribution is 2.35. The topological polar surface area (TPSA) is 54.4 Å². The molecule has 0 saturated carbocycles. The predicted molar refractivity (Wildman–Crippen MR) is 52.9 cm³/mol. The van der Waals surface area contributed by atoms with Crippen molar-refractivity contribution in [3.63, 3.8) is 0 Å². The van der Waals surface area contributed by atoms with Crippen molar-refractivity contribution in [2.75, 3.05) is 0 Å². The second-order valence-electron chi connectivity index (χ2n) is 4.05. The number of allylic oxidation sites excluding steroid dienone is 3. The van der Waals surface area contributed by atoms with Crippen LogP contribution in [0, 0.1) is 5.41 Å². The summed E-state index contributed by atoms with van der Waals surface area (Å²) in [4.78, 5) is 22.1. The third-order valence-corrected chi connectivity index (χ3v) is 2.68. The number of carbonyl (C=O) groups excluding carboxylic acids is 2. The molecular formula is C11H14O3. The highest BCUT2D eigenvalue weighted by atomic mass is 16.3. The summed E-state index contributed by atoms with van der Waals surface area (Å²) in [6.45, 7) is 5.81. The van der Waals surface area contributed by atoms with Gasteiger partial charge < -0.3 is 5.11 Å². The van der Waals surface area contributed by atoms with Crippen molar-refractivity contribution in [1.29, 1.82) is 0 Å². The van der Waals surface area contributed by atoms with Crippen molar-refractivity contribution in [2.24, 2.45) is 5.41 Å². The quantitative estimate of drug-likeness (QED) is 0.540. The minimum atomic E-state index is -0.654. The van der Waals surface area contributed by atoms with E-state index >= 15 is 0 Å². The Morgan fingerprint density at radius 3 is 2.21 bits per heavy atom. The first-order valence-corrected chi connectivity index (χ1v) is 4.60. The number of aliphatic hydroxyl groups is 1. The fourth-order valence-corrected chi connectivity index (χ4v) is 1.28. The summed E-state index contributed by atoms with van der Waals surface area (Å²) >= 11 is 0. The van der Waals surface area contributed by atoms with Crippen LogP contribution in [0.5, 0.6) is 0 Å². The lowest BCUT2D eigenvalue weighted by atomic mass is 9.78. The van der Waals surface area contributed by atoms with E-state index in [0.29, 0.717) is 5.57 Å². The van der Waals surface area contributed by atoms with Gasteiger partial charge in [-0.1, -0.05) is 20.8 Å². The van der Waals surface area contributed by atoms with Crippen molar-refractivity contribution in [3.8, 4) is 0 Å². The molecule has 0 fully saturated rings. The maximum absolute atomic E-state index is 11.1. The van der Waals surface area contributed by atoms with Gasteiger partial charge in [0, 0.05) is 11.6 Å². The molecule has 0 aromatic heterocycles. The van der Waals surface area contributed by atoms with Gasteiger partial charge in [-0.05, 0) is 17.9 Å². The van der Waals surface area contributed by atoms with Crippen molar-refractivity contribution in [2.45, 2.75) is 27.2 Å². The summed E-state index contributed by atoms with van der Waals surface area (Å²) in [5.74, 6) is -1.29. The standard InChI is InChI=1S/C11H14O3/c1-4-11(2,3)7-5-9(13)10(14)6-8(7)12/h5-6,12H,4H2,1-3H3. The lowest BCUT2D eigenvalue weighted by Gasteiger charge is -2.27. The number of hydrogen-bond donors (Lipinski definition) is 1. The van der Waals surface area contributed by atoms with Crippen LogP contribution >= 0.6 is 0 Å². The van der Waals surface area contributed by atoms with Crippen molar-refractivity contribution in [1.82, 2.24) is 0 Å². The van der Waals surface area contributed by atoms with Crippen molar-refractivity contribution < 1.29 is 14.7 Å². The fraction of sp³-hybridized carbons (Fsp3) is 0.455. The monoisotopic (exact) mass is 194 g/mol. The minimum Gasteiger partial charge on any atom is -0.508 e. The minimum absolute atomic E-state index is 0.0820. The van der Waals surface area contributed by atoms with Gasteiger partial charge in [0.05, 0.1) is 0 Å². The van der Waals surface area contributed by atoms with Crippen LogP contribution in [-0.4, -0.2) is 16.7 Å². The van der Waals surface area contributed by atoms with Crippen LogP contribution in [0.25, 0.3) is 0 Å². The van der Waals surface area contributed by atoms with Crippen molar-refractivity contribution >= 4 is 11.6 Å². The Balaban J connectivity index is 3.13. The molecule has 3 heteroatoms. The van der Waals surface area contributed by atoms with E-state index in [1.807, 2.05) is 20.8 Å². The van der Waals surface area contributed by atoms with Gasteiger partial charge in [-0.15, -0.1) is 0 Å². The predicted octanol–water partition coefficient (Wildman–Crippen LogP) is 1.94. The molecule has 14 heavy (non-hydrogen) atoms. The van der Waals surface area contributed by atoms with E-state index in [0.717, 1.165) is 12.5 Å². The number of aliphatic hydroxyl groups excluding tert-OH is 1. The van der Waals surface area contributed by atoms with E-state index in [1.165, 1.54) is 6.08 Å². The Hall–Kier alpha value is -1.38. The average Bonchev–Trinajstić information content (AvgIpc) is 2.11. The molecule has 1 aliphatic rings. The summed E-state index contributed by atoms with van der Waals surface area (Å²) in [7, 11) is 0. The molecule has 0 unspecified atom stereocenters. The SMILES string of the molecule is CCC(C)(C)C1=CC(=O)C(=O)C=C1O. The van der Waals surface area contributed by atoms with Gasteiger partial charge in [0.2, 0.25) is 11.6 Å². The van der Waals surface area contributed by atoms with Crippen molar-refractivity contribution in [3.05, 3.63) is 23.5 Å². The molecule has 1 N–H and O–H groups in total. The van der Waals surface area contributed by atoms with Crippen LogP contribution in [-0.2, 0) is 9.59 Å². The maximum atomic E-state index is 11.1. The normalized spacial score (nSPS) is 17.9. The molecule has 3 nitrogen and oxygen atoms in total. The van der Waals surface area contributed by atoms with E-state index in [1.54, 1.807) is 0 Å². The second-order valence-corrected chi connectivity index (χ2v) is 4.05. The Morgan fingerprint density at radius 2 is 1.71 bits per heavy atom. The van der Waals surface area contributed by atoms with Gasteiger partial charge in [-0.2, -0.15) is 0 Å². The first-order valence-electron chi connectivity index (χ1n) is 4.60. The second kappa shape index (κ2) is 3.40. The zero-order valence-electron chi connectivity index (χ0n) is 8.63. The number of ketones is 2. The number of hydrogen-bond acceptors (Lipinski definition) is 3. The van der Waals surface area contributed by atoms with E-state index in [2.05, 4.69) is 0 Å². The molecule has 0 spiro atoms. The highest BCUT2D eigenvalue weighted by Gasteiger charge is 2.29. The van der Waals surface area contributed by atoms with Crippen LogP contribution in [0.4, 0.5) is 0 Å². The Kier molecular flexibility index (Phi) is 2.60. The van der Waals surface area contributed by atoms with Crippen LogP contribution in [0.1, 0.15) is 27.2 Å². The fourth-order valence-electron chi connectivity index (χ4n) is 1.28. The summed E-state index contributed by atoms with van der Waals surface area (Å²) in [5, 5.41) is 9.54. The Bertz CT molecular complexity index is 346. The molecule has 0 heterocycles. The molecule has 0 radical (unpaired) electrons. The van der Waals surface area contributed by atoms with Gasteiger partial charge in [-0.3, -0.25) is 9.59 Å². The molecule has 0 bridgehead atoms. The van der Waals surface area contributed by atoms with E-state index in [-0.39, 0.29) is 11.2 Å². The Labute approximate surface area is 83.1 Å². The molecule has 1 aliphatic carbocycles. The van der Waals surface area contributed by atoms with Gasteiger partial charge in [0.25, 0.3) is 0 Å². The molecule has 0 aliphatic heterocycles. The van der Waals surface area contributed by atoms with E-state index in [4.69, 9.17) is 0 Å². The van der Waals surface area contributed by atoms with Gasteiger partial charge in [-0.25, -0.2) is 0 Å². The number of rotatable bonds is 2. The molecule has 1 rings (SSSR count). The molecular weight excluding hydrogens is 180 g/mol. The molecule has 0 atom stereocenters. The van der Waals surface area contributed by atoms with Gasteiger partial charge >= 0.3 is 0 Å². The summed E-state index contributed by atoms with van der Waals surface area (Å²) in [5.41, 5.74) is 0.265.